The van der Waals surface area contributed by atoms with Crippen LogP contribution in [0.3, 0.4) is 0 Å². The molecular formula is C25H25N5O. The minimum Gasteiger partial charge on any atom is -0.354 e. The van der Waals surface area contributed by atoms with Gasteiger partial charge in [0.1, 0.15) is 6.54 Å². The second kappa shape index (κ2) is 9.80. The minimum atomic E-state index is -0.132. The lowest BCUT2D eigenvalue weighted by Gasteiger charge is -2.18. The average molecular weight is 412 g/mol. The summed E-state index contributed by atoms with van der Waals surface area (Å²) < 4.78 is 0. The molecule has 0 saturated heterocycles. The predicted molar refractivity (Wildman–Crippen MR) is 120 cm³/mol. The van der Waals surface area contributed by atoms with Crippen molar-refractivity contribution in [2.75, 3.05) is 6.54 Å². The molecule has 6 nitrogen and oxygen atoms in total. The number of aromatic nitrogens is 4. The molecule has 0 aliphatic heterocycles. The molecule has 3 aromatic carbocycles. The lowest BCUT2D eigenvalue weighted by molar-refractivity contribution is -0.122. The normalized spacial score (nSPS) is 10.9. The van der Waals surface area contributed by atoms with Gasteiger partial charge in [0, 0.05) is 18.0 Å². The first-order valence-corrected chi connectivity index (χ1v) is 10.4. The molecule has 0 atom stereocenters. The monoisotopic (exact) mass is 411 g/mol. The van der Waals surface area contributed by atoms with Crippen molar-refractivity contribution in [3.8, 4) is 11.4 Å². The Morgan fingerprint density at radius 3 is 2.13 bits per heavy atom. The SMILES string of the molecule is Cc1ccc(-c2nnn(CC(=O)NCCC(c3ccccc3)c3ccccc3)n2)cc1. The Morgan fingerprint density at radius 1 is 0.903 bits per heavy atom. The van der Waals surface area contributed by atoms with E-state index in [0.29, 0.717) is 12.4 Å². The van der Waals surface area contributed by atoms with Crippen LogP contribution in [0.15, 0.2) is 84.9 Å². The number of hydrogen-bond acceptors (Lipinski definition) is 4. The van der Waals surface area contributed by atoms with E-state index in [-0.39, 0.29) is 18.4 Å². The number of carbonyl (C=O) groups excluding carboxylic acids is 1. The topological polar surface area (TPSA) is 72.7 Å². The maximum absolute atomic E-state index is 12.4. The second-order valence-corrected chi connectivity index (χ2v) is 7.52. The first-order chi connectivity index (χ1) is 15.2. The summed E-state index contributed by atoms with van der Waals surface area (Å²) in [6, 6.07) is 28.6. The molecule has 0 bridgehead atoms. The molecule has 1 heterocycles. The Bertz CT molecular complexity index is 1070. The molecule has 0 radical (unpaired) electrons. The Morgan fingerprint density at radius 2 is 1.52 bits per heavy atom. The number of aryl methyl sites for hydroxylation is 1. The number of benzene rings is 3. The van der Waals surface area contributed by atoms with Crippen molar-refractivity contribution in [1.29, 1.82) is 0 Å². The van der Waals surface area contributed by atoms with E-state index in [0.717, 1.165) is 12.0 Å². The number of rotatable bonds is 8. The van der Waals surface area contributed by atoms with Crippen molar-refractivity contribution < 1.29 is 4.79 Å². The van der Waals surface area contributed by atoms with Gasteiger partial charge in [-0.3, -0.25) is 4.79 Å². The predicted octanol–water partition coefficient (Wildman–Crippen LogP) is 3.99. The molecule has 31 heavy (non-hydrogen) atoms. The summed E-state index contributed by atoms with van der Waals surface area (Å²) in [5, 5.41) is 15.4. The molecule has 0 fully saturated rings. The molecule has 156 valence electrons. The molecule has 0 spiro atoms. The van der Waals surface area contributed by atoms with Gasteiger partial charge >= 0.3 is 0 Å². The highest BCUT2D eigenvalue weighted by atomic mass is 16.2. The van der Waals surface area contributed by atoms with Crippen LogP contribution in [0.1, 0.15) is 29.0 Å². The van der Waals surface area contributed by atoms with E-state index in [1.165, 1.54) is 21.5 Å². The average Bonchev–Trinajstić information content (AvgIpc) is 3.27. The zero-order valence-electron chi connectivity index (χ0n) is 17.5. The maximum Gasteiger partial charge on any atom is 0.243 e. The zero-order chi connectivity index (χ0) is 21.5. The minimum absolute atomic E-state index is 0.0419. The molecule has 0 aliphatic carbocycles. The molecule has 4 aromatic rings. The van der Waals surface area contributed by atoms with Crippen LogP contribution in [0.4, 0.5) is 0 Å². The molecular weight excluding hydrogens is 386 g/mol. The van der Waals surface area contributed by atoms with E-state index < -0.39 is 0 Å². The van der Waals surface area contributed by atoms with Gasteiger partial charge in [-0.05, 0) is 29.7 Å². The van der Waals surface area contributed by atoms with Gasteiger partial charge in [0.2, 0.25) is 11.7 Å². The maximum atomic E-state index is 12.4. The van der Waals surface area contributed by atoms with Gasteiger partial charge in [0.25, 0.3) is 0 Å². The number of tetrazole rings is 1. The second-order valence-electron chi connectivity index (χ2n) is 7.52. The third-order valence-corrected chi connectivity index (χ3v) is 5.21. The summed E-state index contributed by atoms with van der Waals surface area (Å²) >= 11 is 0. The molecule has 6 heteroatoms. The van der Waals surface area contributed by atoms with Crippen LogP contribution < -0.4 is 5.32 Å². The molecule has 1 aromatic heterocycles. The Labute approximate surface area is 181 Å². The van der Waals surface area contributed by atoms with Gasteiger partial charge in [-0.2, -0.15) is 4.80 Å². The lowest BCUT2D eigenvalue weighted by Crippen LogP contribution is -2.30. The highest BCUT2D eigenvalue weighted by Crippen LogP contribution is 2.27. The van der Waals surface area contributed by atoms with E-state index in [4.69, 9.17) is 0 Å². The van der Waals surface area contributed by atoms with Gasteiger partial charge in [-0.1, -0.05) is 90.5 Å². The number of carbonyl (C=O) groups is 1. The summed E-state index contributed by atoms with van der Waals surface area (Å²) in [6.45, 7) is 2.63. The zero-order valence-corrected chi connectivity index (χ0v) is 17.5. The third-order valence-electron chi connectivity index (χ3n) is 5.21. The van der Waals surface area contributed by atoms with E-state index in [1.807, 2.05) is 67.6 Å². The lowest BCUT2D eigenvalue weighted by atomic mass is 9.88. The molecule has 1 amide bonds. The van der Waals surface area contributed by atoms with E-state index >= 15 is 0 Å². The third kappa shape index (κ3) is 5.42. The molecule has 0 aliphatic rings. The van der Waals surface area contributed by atoms with Crippen molar-refractivity contribution in [1.82, 2.24) is 25.5 Å². The van der Waals surface area contributed by atoms with Gasteiger partial charge in [0.15, 0.2) is 0 Å². The Balaban J connectivity index is 1.34. The Hall–Kier alpha value is -3.80. The van der Waals surface area contributed by atoms with Crippen LogP contribution in [0.2, 0.25) is 0 Å². The highest BCUT2D eigenvalue weighted by molar-refractivity contribution is 5.75. The van der Waals surface area contributed by atoms with Crippen molar-refractivity contribution in [3.05, 3.63) is 102 Å². The Kier molecular flexibility index (Phi) is 6.47. The van der Waals surface area contributed by atoms with Gasteiger partial charge < -0.3 is 5.32 Å². The smallest absolute Gasteiger partial charge is 0.243 e. The quantitative estimate of drug-likeness (QED) is 0.476. The number of nitrogens with zero attached hydrogens (tertiary/aromatic N) is 4. The van der Waals surface area contributed by atoms with Crippen molar-refractivity contribution in [3.63, 3.8) is 0 Å². The van der Waals surface area contributed by atoms with E-state index in [1.54, 1.807) is 0 Å². The van der Waals surface area contributed by atoms with Crippen LogP contribution in [-0.4, -0.2) is 32.7 Å². The van der Waals surface area contributed by atoms with Gasteiger partial charge in [-0.25, -0.2) is 0 Å². The molecule has 1 N–H and O–H groups in total. The van der Waals surface area contributed by atoms with E-state index in [9.17, 15) is 4.79 Å². The van der Waals surface area contributed by atoms with Crippen LogP contribution in [0.5, 0.6) is 0 Å². The van der Waals surface area contributed by atoms with Crippen LogP contribution >= 0.6 is 0 Å². The highest BCUT2D eigenvalue weighted by Gasteiger charge is 2.15. The first kappa shape index (κ1) is 20.5. The number of amides is 1. The summed E-state index contributed by atoms with van der Waals surface area (Å²) in [7, 11) is 0. The fourth-order valence-electron chi connectivity index (χ4n) is 3.57. The first-order valence-electron chi connectivity index (χ1n) is 10.4. The standard InChI is InChI=1S/C25H25N5O/c1-19-12-14-22(15-13-19)25-27-29-30(28-25)18-24(31)26-17-16-23(20-8-4-2-5-9-20)21-10-6-3-7-11-21/h2-15,23H,16-18H2,1H3,(H,26,31). The van der Waals surface area contributed by atoms with E-state index in [2.05, 4.69) is 45.0 Å². The van der Waals surface area contributed by atoms with Gasteiger partial charge in [-0.15, -0.1) is 10.2 Å². The van der Waals surface area contributed by atoms with Gasteiger partial charge in [0.05, 0.1) is 0 Å². The summed E-state index contributed by atoms with van der Waals surface area (Å²) in [5.74, 6) is 0.606. The van der Waals surface area contributed by atoms with Crippen molar-refractivity contribution in [2.45, 2.75) is 25.8 Å². The summed E-state index contributed by atoms with van der Waals surface area (Å²) in [6.07, 6.45) is 0.805. The number of hydrogen-bond donors (Lipinski definition) is 1. The molecule has 4 rings (SSSR count). The summed E-state index contributed by atoms with van der Waals surface area (Å²) in [4.78, 5) is 13.7. The van der Waals surface area contributed by atoms with Crippen LogP contribution in [-0.2, 0) is 11.3 Å². The van der Waals surface area contributed by atoms with Crippen molar-refractivity contribution in [2.24, 2.45) is 0 Å². The van der Waals surface area contributed by atoms with Crippen LogP contribution in [0.25, 0.3) is 11.4 Å². The van der Waals surface area contributed by atoms with Crippen LogP contribution in [0, 0.1) is 6.92 Å². The number of nitrogens with one attached hydrogen (secondary N) is 1. The van der Waals surface area contributed by atoms with Crippen molar-refractivity contribution >= 4 is 5.91 Å². The fraction of sp³-hybridized carbons (Fsp3) is 0.200. The fourth-order valence-corrected chi connectivity index (χ4v) is 3.57. The largest absolute Gasteiger partial charge is 0.354 e. The molecule has 0 saturated carbocycles. The molecule has 0 unspecified atom stereocenters. The summed E-state index contributed by atoms with van der Waals surface area (Å²) in [5.41, 5.74) is 4.53.